The normalized spacial score (nSPS) is 16.1. The molecule has 1 N–H and O–H groups in total. The summed E-state index contributed by atoms with van der Waals surface area (Å²) in [5, 5.41) is 14.4. The standard InChI is InChI=1S/C14H16N4O5S2/c19-12(20)10-18-11(3-4-15-18)14(21)16-5-7-17(8-6-16)25(22,23)13-2-1-9-24-13/h1-4,9H,5-8,10H2,(H,19,20). The lowest BCUT2D eigenvalue weighted by molar-refractivity contribution is -0.137. The first-order valence-corrected chi connectivity index (χ1v) is 9.78. The van der Waals surface area contributed by atoms with Gasteiger partial charge in [-0.15, -0.1) is 11.3 Å². The number of amides is 1. The quantitative estimate of drug-likeness (QED) is 0.787. The van der Waals surface area contributed by atoms with Gasteiger partial charge in [0.25, 0.3) is 15.9 Å². The number of piperazine rings is 1. The van der Waals surface area contributed by atoms with Gasteiger partial charge in [-0.25, -0.2) is 13.1 Å². The average molecular weight is 384 g/mol. The molecule has 0 unspecified atom stereocenters. The Morgan fingerprint density at radius 3 is 2.52 bits per heavy atom. The number of aromatic nitrogens is 2. The van der Waals surface area contributed by atoms with Crippen LogP contribution in [0.5, 0.6) is 0 Å². The molecule has 3 rings (SSSR count). The maximum absolute atomic E-state index is 12.6. The molecule has 25 heavy (non-hydrogen) atoms. The van der Waals surface area contributed by atoms with Crippen LogP contribution in [-0.2, 0) is 21.4 Å². The minimum atomic E-state index is -3.53. The summed E-state index contributed by atoms with van der Waals surface area (Å²) in [7, 11) is -3.53. The SMILES string of the molecule is O=C(O)Cn1nccc1C(=O)N1CCN(S(=O)(=O)c2cccs2)CC1. The van der Waals surface area contributed by atoms with Gasteiger partial charge in [0.15, 0.2) is 0 Å². The lowest BCUT2D eigenvalue weighted by atomic mass is 10.3. The smallest absolute Gasteiger partial charge is 0.325 e. The van der Waals surface area contributed by atoms with E-state index in [0.717, 1.165) is 16.0 Å². The number of aliphatic carboxylic acids is 1. The van der Waals surface area contributed by atoms with E-state index in [1.165, 1.54) is 21.5 Å². The highest BCUT2D eigenvalue weighted by atomic mass is 32.2. The van der Waals surface area contributed by atoms with Crippen LogP contribution in [0.4, 0.5) is 0 Å². The molecule has 2 aromatic heterocycles. The molecule has 3 heterocycles. The molecule has 0 saturated carbocycles. The molecule has 0 bridgehead atoms. The van der Waals surface area contributed by atoms with E-state index >= 15 is 0 Å². The summed E-state index contributed by atoms with van der Waals surface area (Å²) in [4.78, 5) is 24.9. The third-order valence-electron chi connectivity index (χ3n) is 3.84. The summed E-state index contributed by atoms with van der Waals surface area (Å²) in [6, 6.07) is 4.70. The summed E-state index contributed by atoms with van der Waals surface area (Å²) in [5.74, 6) is -1.45. The van der Waals surface area contributed by atoms with Crippen molar-refractivity contribution in [2.45, 2.75) is 10.8 Å². The highest BCUT2D eigenvalue weighted by Crippen LogP contribution is 2.22. The monoisotopic (exact) mass is 384 g/mol. The van der Waals surface area contributed by atoms with Gasteiger partial charge in [0.2, 0.25) is 0 Å². The van der Waals surface area contributed by atoms with Crippen LogP contribution in [0.15, 0.2) is 34.0 Å². The molecule has 11 heteroatoms. The molecule has 0 aliphatic carbocycles. The van der Waals surface area contributed by atoms with Crippen LogP contribution in [0.3, 0.4) is 0 Å². The van der Waals surface area contributed by atoms with E-state index in [1.807, 2.05) is 0 Å². The number of rotatable bonds is 5. The zero-order chi connectivity index (χ0) is 18.0. The van der Waals surface area contributed by atoms with Gasteiger partial charge in [0, 0.05) is 32.4 Å². The van der Waals surface area contributed by atoms with Gasteiger partial charge < -0.3 is 10.0 Å². The predicted octanol–water partition coefficient (Wildman–Crippen LogP) is 0.176. The number of carboxylic acid groups (broad SMARTS) is 1. The minimum absolute atomic E-state index is 0.178. The van der Waals surface area contributed by atoms with Crippen LogP contribution >= 0.6 is 11.3 Å². The number of sulfonamides is 1. The zero-order valence-electron chi connectivity index (χ0n) is 13.1. The van der Waals surface area contributed by atoms with Crippen molar-refractivity contribution >= 4 is 33.2 Å². The number of carboxylic acids is 1. The maximum Gasteiger partial charge on any atom is 0.325 e. The lowest BCUT2D eigenvalue weighted by Gasteiger charge is -2.33. The van der Waals surface area contributed by atoms with Gasteiger partial charge in [-0.05, 0) is 17.5 Å². The molecule has 1 saturated heterocycles. The molecular formula is C14H16N4O5S2. The van der Waals surface area contributed by atoms with E-state index in [-0.39, 0.29) is 42.0 Å². The highest BCUT2D eigenvalue weighted by Gasteiger charge is 2.31. The van der Waals surface area contributed by atoms with Crippen molar-refractivity contribution in [1.82, 2.24) is 19.0 Å². The topological polar surface area (TPSA) is 113 Å². The van der Waals surface area contributed by atoms with E-state index in [4.69, 9.17) is 5.11 Å². The Bertz CT molecular complexity index is 867. The second-order valence-corrected chi connectivity index (χ2v) is 8.51. The Kier molecular flexibility index (Phi) is 4.88. The summed E-state index contributed by atoms with van der Waals surface area (Å²) in [6.45, 7) is 0.461. The lowest BCUT2D eigenvalue weighted by Crippen LogP contribution is -2.50. The Hall–Kier alpha value is -2.24. The summed E-state index contributed by atoms with van der Waals surface area (Å²) in [6.07, 6.45) is 1.37. The van der Waals surface area contributed by atoms with Gasteiger partial charge in [0.05, 0.1) is 0 Å². The van der Waals surface area contributed by atoms with Crippen LogP contribution in [0.2, 0.25) is 0 Å². The molecule has 1 aliphatic rings. The van der Waals surface area contributed by atoms with Gasteiger partial charge in [0.1, 0.15) is 16.4 Å². The fourth-order valence-electron chi connectivity index (χ4n) is 2.60. The molecule has 0 radical (unpaired) electrons. The number of carbonyl (C=O) groups excluding carboxylic acids is 1. The van der Waals surface area contributed by atoms with Crippen molar-refractivity contribution in [3.8, 4) is 0 Å². The molecule has 2 aromatic rings. The van der Waals surface area contributed by atoms with Crippen LogP contribution in [0.25, 0.3) is 0 Å². The van der Waals surface area contributed by atoms with Crippen molar-refractivity contribution in [3.63, 3.8) is 0 Å². The largest absolute Gasteiger partial charge is 0.480 e. The molecule has 1 amide bonds. The minimum Gasteiger partial charge on any atom is -0.480 e. The number of hydrogen-bond acceptors (Lipinski definition) is 6. The third kappa shape index (κ3) is 3.57. The highest BCUT2D eigenvalue weighted by molar-refractivity contribution is 7.91. The Morgan fingerprint density at radius 1 is 1.20 bits per heavy atom. The molecule has 1 fully saturated rings. The molecule has 1 aliphatic heterocycles. The Labute approximate surface area is 148 Å². The molecule has 0 atom stereocenters. The first-order chi connectivity index (χ1) is 11.9. The van der Waals surface area contributed by atoms with Crippen molar-refractivity contribution in [1.29, 1.82) is 0 Å². The van der Waals surface area contributed by atoms with E-state index in [0.29, 0.717) is 0 Å². The number of nitrogens with zero attached hydrogens (tertiary/aromatic N) is 4. The van der Waals surface area contributed by atoms with Crippen molar-refractivity contribution in [3.05, 3.63) is 35.5 Å². The molecule has 0 aromatic carbocycles. The van der Waals surface area contributed by atoms with Crippen molar-refractivity contribution < 1.29 is 23.1 Å². The summed E-state index contributed by atoms with van der Waals surface area (Å²) < 4.78 is 27.7. The maximum atomic E-state index is 12.6. The van der Waals surface area contributed by atoms with E-state index in [1.54, 1.807) is 17.5 Å². The van der Waals surface area contributed by atoms with E-state index in [2.05, 4.69) is 5.10 Å². The van der Waals surface area contributed by atoms with Gasteiger partial charge in [-0.3, -0.25) is 9.59 Å². The fraction of sp³-hybridized carbons (Fsp3) is 0.357. The van der Waals surface area contributed by atoms with Crippen LogP contribution < -0.4 is 0 Å². The number of hydrogen-bond donors (Lipinski definition) is 1. The van der Waals surface area contributed by atoms with Crippen LogP contribution in [0, 0.1) is 0 Å². The molecule has 134 valence electrons. The predicted molar refractivity (Wildman–Crippen MR) is 88.8 cm³/mol. The van der Waals surface area contributed by atoms with E-state index < -0.39 is 22.5 Å². The first-order valence-electron chi connectivity index (χ1n) is 7.46. The van der Waals surface area contributed by atoms with Crippen molar-refractivity contribution in [2.24, 2.45) is 0 Å². The van der Waals surface area contributed by atoms with E-state index in [9.17, 15) is 18.0 Å². The number of thiophene rings is 1. The van der Waals surface area contributed by atoms with Gasteiger partial charge >= 0.3 is 5.97 Å². The molecular weight excluding hydrogens is 368 g/mol. The Balaban J connectivity index is 1.68. The molecule has 0 spiro atoms. The third-order valence-corrected chi connectivity index (χ3v) is 7.11. The Morgan fingerprint density at radius 2 is 1.92 bits per heavy atom. The fourth-order valence-corrected chi connectivity index (χ4v) is 5.17. The number of carbonyl (C=O) groups is 2. The van der Waals surface area contributed by atoms with Crippen LogP contribution in [-0.4, -0.2) is 70.6 Å². The van der Waals surface area contributed by atoms with Crippen molar-refractivity contribution in [2.75, 3.05) is 26.2 Å². The summed E-state index contributed by atoms with van der Waals surface area (Å²) in [5.41, 5.74) is 0.178. The second kappa shape index (κ2) is 6.94. The van der Waals surface area contributed by atoms with Gasteiger partial charge in [-0.2, -0.15) is 9.40 Å². The molecule has 9 nitrogen and oxygen atoms in total. The van der Waals surface area contributed by atoms with Gasteiger partial charge in [-0.1, -0.05) is 6.07 Å². The first kappa shape index (κ1) is 17.6. The summed E-state index contributed by atoms with van der Waals surface area (Å²) >= 11 is 1.16. The van der Waals surface area contributed by atoms with Crippen LogP contribution in [0.1, 0.15) is 10.5 Å². The average Bonchev–Trinajstić information content (AvgIpc) is 3.25. The second-order valence-electron chi connectivity index (χ2n) is 5.40. The zero-order valence-corrected chi connectivity index (χ0v) is 14.7.